The Hall–Kier alpha value is -1.99. The average Bonchev–Trinajstić information content (AvgIpc) is 3.00. The van der Waals surface area contributed by atoms with Crippen molar-refractivity contribution < 1.29 is 37.9 Å². The van der Waals surface area contributed by atoms with Gasteiger partial charge in [0.2, 0.25) is 0 Å². The van der Waals surface area contributed by atoms with E-state index in [9.17, 15) is 14.2 Å². The highest BCUT2D eigenvalue weighted by atomic mass is 31.2. The number of esters is 2. The van der Waals surface area contributed by atoms with Crippen LogP contribution in [-0.4, -0.2) is 41.0 Å². The number of phosphoric ester groups is 1. The van der Waals surface area contributed by atoms with Crippen LogP contribution in [0.5, 0.6) is 0 Å². The van der Waals surface area contributed by atoms with Gasteiger partial charge in [0.1, 0.15) is 6.61 Å². The summed E-state index contributed by atoms with van der Waals surface area (Å²) in [6, 6.07) is 0. The van der Waals surface area contributed by atoms with Crippen LogP contribution in [0.3, 0.4) is 0 Å². The Kier molecular flexibility index (Phi) is 30.6. The molecule has 0 aliphatic rings. The number of unbranched alkanes of at least 4 members (excludes halogenated alkanes) is 13. The van der Waals surface area contributed by atoms with Crippen LogP contribution in [0, 0.1) is 0 Å². The number of hydrogen-bond donors (Lipinski definition) is 2. The van der Waals surface area contributed by atoms with E-state index in [-0.39, 0.29) is 19.4 Å². The molecule has 0 saturated heterocycles. The van der Waals surface area contributed by atoms with Gasteiger partial charge in [0.15, 0.2) is 6.10 Å². The van der Waals surface area contributed by atoms with Crippen LogP contribution in [-0.2, 0) is 28.2 Å². The van der Waals surface area contributed by atoms with Gasteiger partial charge < -0.3 is 19.3 Å². The molecular weight excluding hydrogens is 591 g/mol. The van der Waals surface area contributed by atoms with Gasteiger partial charge in [-0.3, -0.25) is 14.1 Å². The van der Waals surface area contributed by atoms with Crippen LogP contribution < -0.4 is 0 Å². The second-order valence-corrected chi connectivity index (χ2v) is 12.7. The number of hydrogen-bond acceptors (Lipinski definition) is 6. The van der Waals surface area contributed by atoms with Crippen LogP contribution in [0.15, 0.2) is 48.6 Å². The average molecular weight is 655 g/mol. The first-order valence-corrected chi connectivity index (χ1v) is 19.0. The monoisotopic (exact) mass is 654 g/mol. The van der Waals surface area contributed by atoms with Crippen molar-refractivity contribution in [2.75, 3.05) is 13.2 Å². The molecule has 0 fully saturated rings. The van der Waals surface area contributed by atoms with Crippen LogP contribution in [0.4, 0.5) is 0 Å². The molecule has 0 radical (unpaired) electrons. The van der Waals surface area contributed by atoms with Gasteiger partial charge in [0.05, 0.1) is 6.61 Å². The highest BCUT2D eigenvalue weighted by Gasteiger charge is 2.22. The third-order valence-corrected chi connectivity index (χ3v) is 7.59. The predicted molar refractivity (Wildman–Crippen MR) is 184 cm³/mol. The SMILES string of the molecule is CCCCC/C=C/C/C=C/C/C=C/C/C=C/CCCCCC(=O)OC[C@H](COP(=O)(O)O)OC(=O)CCCCCCCCCC. The summed E-state index contributed by atoms with van der Waals surface area (Å²) in [6.07, 6.45) is 37.0. The van der Waals surface area contributed by atoms with Crippen molar-refractivity contribution in [1.82, 2.24) is 0 Å². The fourth-order valence-corrected chi connectivity index (χ4v) is 4.83. The van der Waals surface area contributed by atoms with Gasteiger partial charge in [0, 0.05) is 12.8 Å². The maximum Gasteiger partial charge on any atom is 0.469 e. The molecule has 0 aromatic rings. The molecule has 0 aliphatic carbocycles. The molecule has 2 N–H and O–H groups in total. The zero-order valence-electron chi connectivity index (χ0n) is 28.3. The molecule has 260 valence electrons. The first-order valence-electron chi connectivity index (χ1n) is 17.4. The summed E-state index contributed by atoms with van der Waals surface area (Å²) in [5.41, 5.74) is 0. The molecule has 0 heterocycles. The van der Waals surface area contributed by atoms with Crippen LogP contribution >= 0.6 is 7.82 Å². The molecule has 0 aromatic carbocycles. The molecule has 45 heavy (non-hydrogen) atoms. The fourth-order valence-electron chi connectivity index (χ4n) is 4.47. The van der Waals surface area contributed by atoms with Gasteiger partial charge >= 0.3 is 19.8 Å². The largest absolute Gasteiger partial charge is 0.469 e. The first-order chi connectivity index (χ1) is 21.8. The van der Waals surface area contributed by atoms with Gasteiger partial charge in [-0.15, -0.1) is 0 Å². The molecule has 0 aliphatic heterocycles. The molecular formula is C36H63O8P. The Morgan fingerprint density at radius 1 is 0.578 bits per heavy atom. The van der Waals surface area contributed by atoms with E-state index in [0.29, 0.717) is 12.8 Å². The van der Waals surface area contributed by atoms with Crippen molar-refractivity contribution in [3.05, 3.63) is 48.6 Å². The summed E-state index contributed by atoms with van der Waals surface area (Å²) in [5, 5.41) is 0. The molecule has 0 unspecified atom stereocenters. The lowest BCUT2D eigenvalue weighted by Gasteiger charge is -2.18. The van der Waals surface area contributed by atoms with Crippen molar-refractivity contribution >= 4 is 19.8 Å². The number of carbonyl (C=O) groups is 2. The highest BCUT2D eigenvalue weighted by molar-refractivity contribution is 7.46. The van der Waals surface area contributed by atoms with E-state index in [1.54, 1.807) is 0 Å². The van der Waals surface area contributed by atoms with Gasteiger partial charge in [-0.05, 0) is 57.8 Å². The molecule has 1 atom stereocenters. The standard InChI is InChI=1S/C36H63O8P/c1-3-5-7-9-11-13-14-15-16-17-18-19-20-21-22-23-25-26-28-30-35(37)42-32-34(33-43-45(39,40)41)44-36(38)31-29-27-24-12-10-8-6-4-2/h11,13,15-16,18-19,21-22,34H,3-10,12,14,17,20,23-33H2,1-2H3,(H2,39,40,41)/b13-11+,16-15+,19-18+,22-21+/t34-/m1/s1. The normalized spacial score (nSPS) is 13.1. The van der Waals surface area contributed by atoms with Crippen molar-refractivity contribution in [1.29, 1.82) is 0 Å². The quantitative estimate of drug-likeness (QED) is 0.0328. The van der Waals surface area contributed by atoms with Crippen molar-refractivity contribution in [3.63, 3.8) is 0 Å². The lowest BCUT2D eigenvalue weighted by atomic mass is 10.1. The van der Waals surface area contributed by atoms with E-state index in [4.69, 9.17) is 19.3 Å². The Balaban J connectivity index is 4.03. The van der Waals surface area contributed by atoms with Gasteiger partial charge in [-0.1, -0.05) is 127 Å². The molecule has 8 nitrogen and oxygen atoms in total. The van der Waals surface area contributed by atoms with Crippen molar-refractivity contribution in [2.24, 2.45) is 0 Å². The van der Waals surface area contributed by atoms with Gasteiger partial charge in [0.25, 0.3) is 0 Å². The maximum absolute atomic E-state index is 12.2. The summed E-state index contributed by atoms with van der Waals surface area (Å²) in [5.74, 6) is -0.929. The van der Waals surface area contributed by atoms with Crippen LogP contribution in [0.1, 0.15) is 149 Å². The zero-order valence-corrected chi connectivity index (χ0v) is 29.1. The van der Waals surface area contributed by atoms with E-state index in [1.165, 1.54) is 51.4 Å². The van der Waals surface area contributed by atoms with E-state index in [1.807, 2.05) is 0 Å². The molecule has 0 saturated carbocycles. The van der Waals surface area contributed by atoms with E-state index in [2.05, 4.69) is 67.0 Å². The summed E-state index contributed by atoms with van der Waals surface area (Å²) < 4.78 is 26.1. The number of carbonyl (C=O) groups excluding carboxylic acids is 2. The Morgan fingerprint density at radius 2 is 1.00 bits per heavy atom. The minimum atomic E-state index is -4.75. The highest BCUT2D eigenvalue weighted by Crippen LogP contribution is 2.35. The molecule has 0 amide bonds. The summed E-state index contributed by atoms with van der Waals surface area (Å²) in [6.45, 7) is 3.56. The zero-order chi connectivity index (χ0) is 33.3. The fraction of sp³-hybridized carbons (Fsp3) is 0.722. The summed E-state index contributed by atoms with van der Waals surface area (Å²) >= 11 is 0. The van der Waals surface area contributed by atoms with E-state index < -0.39 is 32.5 Å². The number of allylic oxidation sites excluding steroid dienone is 8. The Bertz CT molecular complexity index is 874. The summed E-state index contributed by atoms with van der Waals surface area (Å²) in [7, 11) is -4.75. The van der Waals surface area contributed by atoms with Crippen LogP contribution in [0.25, 0.3) is 0 Å². The predicted octanol–water partition coefficient (Wildman–Crippen LogP) is 10.0. The molecule has 0 spiro atoms. The maximum atomic E-state index is 12.2. The third-order valence-electron chi connectivity index (χ3n) is 7.10. The van der Waals surface area contributed by atoms with Crippen molar-refractivity contribution in [2.45, 2.75) is 155 Å². The lowest BCUT2D eigenvalue weighted by Crippen LogP contribution is -2.29. The molecule has 0 bridgehead atoms. The Morgan fingerprint density at radius 3 is 1.53 bits per heavy atom. The second kappa shape index (κ2) is 32.0. The summed E-state index contributed by atoms with van der Waals surface area (Å²) in [4.78, 5) is 42.4. The first kappa shape index (κ1) is 43.0. The van der Waals surface area contributed by atoms with Crippen molar-refractivity contribution in [3.8, 4) is 0 Å². The minimum Gasteiger partial charge on any atom is -0.462 e. The lowest BCUT2D eigenvalue weighted by molar-refractivity contribution is -0.161. The number of phosphoric acid groups is 1. The third kappa shape index (κ3) is 34.7. The van der Waals surface area contributed by atoms with E-state index >= 15 is 0 Å². The second-order valence-electron chi connectivity index (χ2n) is 11.5. The molecule has 0 aromatic heterocycles. The van der Waals surface area contributed by atoms with Crippen LogP contribution in [0.2, 0.25) is 0 Å². The molecule has 0 rings (SSSR count). The minimum absolute atomic E-state index is 0.203. The molecule has 9 heteroatoms. The van der Waals surface area contributed by atoms with E-state index in [0.717, 1.165) is 57.8 Å². The number of rotatable bonds is 31. The van der Waals surface area contributed by atoms with Gasteiger partial charge in [-0.25, -0.2) is 4.57 Å². The van der Waals surface area contributed by atoms with Gasteiger partial charge in [-0.2, -0.15) is 0 Å². The topological polar surface area (TPSA) is 119 Å². The Labute approximate surface area is 274 Å². The number of ether oxygens (including phenoxy) is 2. The smallest absolute Gasteiger partial charge is 0.462 e.